The molecule has 10 heteroatoms. The van der Waals surface area contributed by atoms with Gasteiger partial charge in [-0.1, -0.05) is 17.6 Å². The average Bonchev–Trinajstić information content (AvgIpc) is 2.60. The van der Waals surface area contributed by atoms with Crippen LogP contribution in [0.25, 0.3) is 0 Å². The molecule has 0 fully saturated rings. The van der Waals surface area contributed by atoms with E-state index in [9.17, 15) is 27.5 Å². The van der Waals surface area contributed by atoms with Gasteiger partial charge in [0.1, 0.15) is 5.82 Å². The van der Waals surface area contributed by atoms with Gasteiger partial charge in [0.25, 0.3) is 0 Å². The summed E-state index contributed by atoms with van der Waals surface area (Å²) >= 11 is 0. The van der Waals surface area contributed by atoms with Gasteiger partial charge in [-0.05, 0) is 58.0 Å². The molecule has 162 valence electrons. The molecule has 0 saturated carbocycles. The number of urea groups is 1. The summed E-state index contributed by atoms with van der Waals surface area (Å²) in [6.07, 6.45) is -4.66. The molecule has 0 bridgehead atoms. The number of carbonyl (C=O) groups excluding carboxylic acids is 1. The molecule has 0 aliphatic carbocycles. The summed E-state index contributed by atoms with van der Waals surface area (Å²) in [5.74, 6) is -0.992. The lowest BCUT2D eigenvalue weighted by molar-refractivity contribution is -0.137. The average molecular weight is 426 g/mol. The Morgan fingerprint density at radius 3 is 2.30 bits per heavy atom. The summed E-state index contributed by atoms with van der Waals surface area (Å²) in [6.45, 7) is 6.74. The summed E-state index contributed by atoms with van der Waals surface area (Å²) in [4.78, 5) is 12.1. The van der Waals surface area contributed by atoms with Gasteiger partial charge in [0.15, 0.2) is 0 Å². The molecule has 0 spiro atoms. The van der Waals surface area contributed by atoms with Crippen molar-refractivity contribution in [3.8, 4) is 0 Å². The fourth-order valence-corrected chi connectivity index (χ4v) is 2.26. The van der Waals surface area contributed by atoms with Gasteiger partial charge in [-0.25, -0.2) is 9.18 Å². The second kappa shape index (κ2) is 8.65. The van der Waals surface area contributed by atoms with Crippen LogP contribution in [0.1, 0.15) is 33.3 Å². The summed E-state index contributed by atoms with van der Waals surface area (Å²) in [6, 6.07) is 7.42. The molecule has 2 aromatic carbocycles. The highest BCUT2D eigenvalue weighted by atomic mass is 19.4. The van der Waals surface area contributed by atoms with Crippen molar-refractivity contribution in [2.75, 3.05) is 10.6 Å². The number of aliphatic hydroxyl groups is 1. The fraction of sp³-hybridized carbons (Fsp3) is 0.350. The first kappa shape index (κ1) is 23.7. The van der Waals surface area contributed by atoms with Crippen LogP contribution >= 0.6 is 0 Å². The van der Waals surface area contributed by atoms with E-state index in [0.29, 0.717) is 29.3 Å². The molecule has 0 unspecified atom stereocenters. The largest absolute Gasteiger partial charge is 0.427 e. The zero-order chi connectivity index (χ0) is 22.7. The third-order valence-corrected chi connectivity index (χ3v) is 4.80. The van der Waals surface area contributed by atoms with Crippen LogP contribution in [0.5, 0.6) is 0 Å². The molecule has 0 atom stereocenters. The van der Waals surface area contributed by atoms with Crippen LogP contribution in [0.2, 0.25) is 0 Å². The highest BCUT2D eigenvalue weighted by Crippen LogP contribution is 2.31. The molecule has 2 rings (SSSR count). The van der Waals surface area contributed by atoms with Crippen molar-refractivity contribution in [2.24, 2.45) is 0 Å². The number of hydrogen-bond acceptors (Lipinski definition) is 3. The number of anilines is 2. The van der Waals surface area contributed by atoms with Gasteiger partial charge in [0.2, 0.25) is 0 Å². The van der Waals surface area contributed by atoms with E-state index in [0.717, 1.165) is 0 Å². The van der Waals surface area contributed by atoms with Crippen LogP contribution in [0.15, 0.2) is 42.5 Å². The Labute approximate surface area is 172 Å². The monoisotopic (exact) mass is 426 g/mol. The van der Waals surface area contributed by atoms with Gasteiger partial charge in [0, 0.05) is 5.69 Å². The van der Waals surface area contributed by atoms with Crippen LogP contribution in [-0.2, 0) is 10.8 Å². The zero-order valence-electron chi connectivity index (χ0n) is 17.0. The Balaban J connectivity index is 2.06. The van der Waals surface area contributed by atoms with E-state index in [1.165, 1.54) is 0 Å². The third kappa shape index (κ3) is 6.20. The molecule has 0 saturated heterocycles. The molecule has 2 aromatic rings. The van der Waals surface area contributed by atoms with Crippen molar-refractivity contribution in [3.05, 3.63) is 53.8 Å². The summed E-state index contributed by atoms with van der Waals surface area (Å²) < 4.78 is 57.9. The zero-order valence-corrected chi connectivity index (χ0v) is 17.0. The van der Waals surface area contributed by atoms with Crippen molar-refractivity contribution in [1.29, 1.82) is 0 Å². The predicted octanol–water partition coefficient (Wildman–Crippen LogP) is 4.03. The number of alkyl halides is 3. The molecule has 0 aliphatic heterocycles. The van der Waals surface area contributed by atoms with Gasteiger partial charge in [-0.15, -0.1) is 0 Å². The number of hydrogen-bond donors (Lipinski definition) is 3. The third-order valence-electron chi connectivity index (χ3n) is 4.80. The Bertz CT molecular complexity index is 912. The molecule has 0 aliphatic rings. The van der Waals surface area contributed by atoms with E-state index < -0.39 is 40.5 Å². The Kier molecular flexibility index (Phi) is 6.83. The normalized spacial score (nSPS) is 12.4. The lowest BCUT2D eigenvalue weighted by Crippen LogP contribution is -2.49. The van der Waals surface area contributed by atoms with Crippen molar-refractivity contribution in [1.82, 2.24) is 0 Å². The van der Waals surface area contributed by atoms with E-state index in [4.69, 9.17) is 4.65 Å². The van der Waals surface area contributed by atoms with E-state index in [-0.39, 0.29) is 7.48 Å². The maximum atomic E-state index is 13.8. The topological polar surface area (TPSA) is 70.6 Å². The van der Waals surface area contributed by atoms with E-state index >= 15 is 0 Å². The van der Waals surface area contributed by atoms with Crippen molar-refractivity contribution in [2.45, 2.75) is 45.1 Å². The molecular weight excluding hydrogens is 403 g/mol. The molecule has 5 nitrogen and oxygen atoms in total. The van der Waals surface area contributed by atoms with Crippen LogP contribution in [0.3, 0.4) is 0 Å². The van der Waals surface area contributed by atoms with Gasteiger partial charge >= 0.3 is 19.7 Å². The molecule has 30 heavy (non-hydrogen) atoms. The quantitative estimate of drug-likeness (QED) is 0.483. The number of halogens is 4. The summed E-state index contributed by atoms with van der Waals surface area (Å²) in [7, 11) is 0.149. The minimum Gasteiger partial charge on any atom is -0.427 e. The van der Waals surface area contributed by atoms with E-state index in [2.05, 4.69) is 10.6 Å². The number of amides is 2. The lowest BCUT2D eigenvalue weighted by Gasteiger charge is -2.37. The number of nitrogens with one attached hydrogen (secondary N) is 2. The minimum atomic E-state index is -4.66. The highest BCUT2D eigenvalue weighted by molar-refractivity contribution is 6.47. The second-order valence-corrected chi connectivity index (χ2v) is 7.83. The SMILES string of the molecule is CC(C)(O)C(C)(C)OBc1cccc(NC(=O)Nc2cc(C(F)(F)F)ccc2F)c1. The second-order valence-electron chi connectivity index (χ2n) is 7.83. The molecule has 0 heterocycles. The van der Waals surface area contributed by atoms with Gasteiger partial charge in [0.05, 0.1) is 22.5 Å². The summed E-state index contributed by atoms with van der Waals surface area (Å²) in [5.41, 5.74) is -2.56. The maximum Gasteiger partial charge on any atom is 0.416 e. The fourth-order valence-electron chi connectivity index (χ4n) is 2.26. The number of benzene rings is 2. The predicted molar refractivity (Wildman–Crippen MR) is 109 cm³/mol. The first-order valence-electron chi connectivity index (χ1n) is 9.09. The summed E-state index contributed by atoms with van der Waals surface area (Å²) in [5, 5.41) is 14.7. The first-order valence-corrected chi connectivity index (χ1v) is 9.09. The van der Waals surface area contributed by atoms with E-state index in [1.54, 1.807) is 52.0 Å². The smallest absolute Gasteiger partial charge is 0.416 e. The number of rotatable bonds is 6. The molecule has 2 amide bonds. The Hall–Kier alpha value is -2.59. The standard InChI is InChI=1S/C20H23BF4N2O3/c1-18(2,29)19(3,4)30-21-13-6-5-7-14(11-13)26-17(28)27-16-10-12(20(23,24)25)8-9-15(16)22/h5-11,21,29H,1-4H3,(H2,26,27,28). The van der Waals surface area contributed by atoms with Gasteiger partial charge in [-0.3, -0.25) is 0 Å². The van der Waals surface area contributed by atoms with Crippen LogP contribution in [0.4, 0.5) is 33.7 Å². The van der Waals surface area contributed by atoms with Gasteiger partial charge in [-0.2, -0.15) is 13.2 Å². The first-order chi connectivity index (χ1) is 13.7. The molecule has 3 N–H and O–H groups in total. The molecular formula is C20H23BF4N2O3. The van der Waals surface area contributed by atoms with Crippen molar-refractivity contribution in [3.63, 3.8) is 0 Å². The minimum absolute atomic E-state index is 0.149. The maximum absolute atomic E-state index is 13.8. The Morgan fingerprint density at radius 2 is 1.70 bits per heavy atom. The van der Waals surface area contributed by atoms with Gasteiger partial charge < -0.3 is 20.4 Å². The van der Waals surface area contributed by atoms with Crippen LogP contribution in [-0.4, -0.2) is 29.8 Å². The Morgan fingerprint density at radius 1 is 1.03 bits per heavy atom. The van der Waals surface area contributed by atoms with Crippen molar-refractivity contribution < 1.29 is 32.1 Å². The van der Waals surface area contributed by atoms with Crippen LogP contribution < -0.4 is 16.1 Å². The van der Waals surface area contributed by atoms with Crippen LogP contribution in [0, 0.1) is 5.82 Å². The van der Waals surface area contributed by atoms with E-state index in [1.807, 2.05) is 0 Å². The molecule has 0 aromatic heterocycles. The number of carbonyl (C=O) groups is 1. The lowest BCUT2D eigenvalue weighted by atomic mass is 9.82. The van der Waals surface area contributed by atoms with Crippen molar-refractivity contribution >= 4 is 30.4 Å². The highest BCUT2D eigenvalue weighted by Gasteiger charge is 2.35. The molecule has 0 radical (unpaired) electrons.